The summed E-state index contributed by atoms with van der Waals surface area (Å²) >= 11 is 0. The predicted molar refractivity (Wildman–Crippen MR) is 111 cm³/mol. The fourth-order valence-electron chi connectivity index (χ4n) is 3.16. The van der Waals surface area contributed by atoms with Crippen LogP contribution < -0.4 is 5.32 Å². The molecule has 0 radical (unpaired) electrons. The molecule has 1 atom stereocenters. The standard InChI is InChI=1S/C23H22N4O2/c1-16-10-12-19(13-11-16)22-25-23(29-26-22)20-9-6-14-27(20)15-21(28)24-17(2)18-7-4-3-5-8-18/h3-14,17H,15H2,1-2H3,(H,24,28)/t17-/m1/s1. The topological polar surface area (TPSA) is 73.0 Å². The van der Waals surface area contributed by atoms with Gasteiger partial charge in [0.1, 0.15) is 12.2 Å². The molecule has 2 aromatic heterocycles. The third kappa shape index (κ3) is 4.27. The molecule has 0 fully saturated rings. The molecule has 1 N–H and O–H groups in total. The molecule has 0 saturated heterocycles. The zero-order valence-electron chi connectivity index (χ0n) is 16.4. The highest BCUT2D eigenvalue weighted by Gasteiger charge is 2.16. The third-order valence-corrected chi connectivity index (χ3v) is 4.78. The average Bonchev–Trinajstić information content (AvgIpc) is 3.38. The number of nitrogens with zero attached hydrogens (tertiary/aromatic N) is 3. The first kappa shape index (κ1) is 18.7. The van der Waals surface area contributed by atoms with Crippen LogP contribution in [0.5, 0.6) is 0 Å². The smallest absolute Gasteiger partial charge is 0.274 e. The Labute approximate surface area is 169 Å². The molecule has 0 aliphatic rings. The molecule has 0 aliphatic carbocycles. The summed E-state index contributed by atoms with van der Waals surface area (Å²) in [6.45, 7) is 4.17. The van der Waals surface area contributed by atoms with Gasteiger partial charge >= 0.3 is 0 Å². The van der Waals surface area contributed by atoms with E-state index in [4.69, 9.17) is 4.52 Å². The van der Waals surface area contributed by atoms with E-state index < -0.39 is 0 Å². The number of carbonyl (C=O) groups excluding carboxylic acids is 1. The molecule has 0 bridgehead atoms. The lowest BCUT2D eigenvalue weighted by Gasteiger charge is -2.15. The summed E-state index contributed by atoms with van der Waals surface area (Å²) in [5.41, 5.74) is 3.83. The lowest BCUT2D eigenvalue weighted by molar-refractivity contribution is -0.122. The SMILES string of the molecule is Cc1ccc(-c2noc(-c3cccn3CC(=O)N[C@H](C)c3ccccc3)n2)cc1. The Morgan fingerprint density at radius 1 is 1.07 bits per heavy atom. The third-order valence-electron chi connectivity index (χ3n) is 4.78. The zero-order valence-corrected chi connectivity index (χ0v) is 16.4. The van der Waals surface area contributed by atoms with Crippen LogP contribution in [0.15, 0.2) is 77.4 Å². The number of hydrogen-bond acceptors (Lipinski definition) is 4. The summed E-state index contributed by atoms with van der Waals surface area (Å²) in [6, 6.07) is 21.5. The largest absolute Gasteiger partial charge is 0.348 e. The number of rotatable bonds is 6. The van der Waals surface area contributed by atoms with Gasteiger partial charge in [0, 0.05) is 11.8 Å². The lowest BCUT2D eigenvalue weighted by Crippen LogP contribution is -2.30. The van der Waals surface area contributed by atoms with Crippen molar-refractivity contribution in [2.24, 2.45) is 0 Å². The second-order valence-electron chi connectivity index (χ2n) is 7.01. The Kier molecular flexibility index (Phi) is 5.24. The minimum Gasteiger partial charge on any atom is -0.348 e. The van der Waals surface area contributed by atoms with Crippen molar-refractivity contribution < 1.29 is 9.32 Å². The van der Waals surface area contributed by atoms with E-state index in [-0.39, 0.29) is 18.5 Å². The van der Waals surface area contributed by atoms with Crippen molar-refractivity contribution >= 4 is 5.91 Å². The van der Waals surface area contributed by atoms with E-state index in [0.717, 1.165) is 11.1 Å². The van der Waals surface area contributed by atoms with E-state index in [9.17, 15) is 4.79 Å². The number of aromatic nitrogens is 3. The van der Waals surface area contributed by atoms with Crippen LogP contribution in [0.2, 0.25) is 0 Å². The lowest BCUT2D eigenvalue weighted by atomic mass is 10.1. The summed E-state index contributed by atoms with van der Waals surface area (Å²) in [4.78, 5) is 17.0. The van der Waals surface area contributed by atoms with Crippen LogP contribution >= 0.6 is 0 Å². The molecule has 146 valence electrons. The molecule has 1 amide bonds. The zero-order chi connectivity index (χ0) is 20.2. The van der Waals surface area contributed by atoms with Crippen molar-refractivity contribution in [3.05, 3.63) is 84.1 Å². The van der Waals surface area contributed by atoms with Gasteiger partial charge in [-0.05, 0) is 31.5 Å². The number of amides is 1. The van der Waals surface area contributed by atoms with Crippen molar-refractivity contribution in [2.45, 2.75) is 26.4 Å². The van der Waals surface area contributed by atoms with E-state index in [0.29, 0.717) is 17.4 Å². The molecule has 6 nitrogen and oxygen atoms in total. The Morgan fingerprint density at radius 2 is 1.83 bits per heavy atom. The van der Waals surface area contributed by atoms with Crippen LogP contribution in [-0.4, -0.2) is 20.6 Å². The maximum atomic E-state index is 12.5. The molecule has 4 aromatic rings. The molecular weight excluding hydrogens is 364 g/mol. The molecule has 0 aliphatic heterocycles. The molecule has 2 heterocycles. The van der Waals surface area contributed by atoms with Gasteiger partial charge in [-0.3, -0.25) is 4.79 Å². The van der Waals surface area contributed by atoms with Crippen molar-refractivity contribution in [1.29, 1.82) is 0 Å². The second kappa shape index (κ2) is 8.14. The number of hydrogen-bond donors (Lipinski definition) is 1. The fourth-order valence-corrected chi connectivity index (χ4v) is 3.16. The van der Waals surface area contributed by atoms with Crippen LogP contribution in [0.1, 0.15) is 24.1 Å². The summed E-state index contributed by atoms with van der Waals surface area (Å²) in [6.07, 6.45) is 1.83. The number of benzene rings is 2. The van der Waals surface area contributed by atoms with Gasteiger partial charge < -0.3 is 14.4 Å². The van der Waals surface area contributed by atoms with Gasteiger partial charge in [-0.15, -0.1) is 0 Å². The first-order chi connectivity index (χ1) is 14.1. The Balaban J connectivity index is 1.47. The van der Waals surface area contributed by atoms with E-state index in [2.05, 4.69) is 15.5 Å². The van der Waals surface area contributed by atoms with Crippen LogP contribution in [0.4, 0.5) is 0 Å². The first-order valence-corrected chi connectivity index (χ1v) is 9.51. The summed E-state index contributed by atoms with van der Waals surface area (Å²) in [5.74, 6) is 0.821. The molecule has 0 saturated carbocycles. The maximum Gasteiger partial charge on any atom is 0.274 e. The number of carbonyl (C=O) groups is 1. The van der Waals surface area contributed by atoms with Crippen LogP contribution in [0.3, 0.4) is 0 Å². The van der Waals surface area contributed by atoms with Gasteiger partial charge in [0.05, 0.1) is 6.04 Å². The molecule has 29 heavy (non-hydrogen) atoms. The van der Waals surface area contributed by atoms with Gasteiger partial charge in [0.2, 0.25) is 11.7 Å². The minimum absolute atomic E-state index is 0.0701. The molecule has 6 heteroatoms. The summed E-state index contributed by atoms with van der Waals surface area (Å²) in [7, 11) is 0. The van der Waals surface area contributed by atoms with Gasteiger partial charge in [-0.1, -0.05) is 65.3 Å². The number of aryl methyl sites for hydroxylation is 1. The average molecular weight is 386 g/mol. The minimum atomic E-state index is -0.0860. The molecule has 4 rings (SSSR count). The molecule has 0 spiro atoms. The molecular formula is C23H22N4O2. The van der Waals surface area contributed by atoms with Crippen LogP contribution in [-0.2, 0) is 11.3 Å². The molecule has 2 aromatic carbocycles. The summed E-state index contributed by atoms with van der Waals surface area (Å²) < 4.78 is 7.26. The Bertz CT molecular complexity index is 1100. The van der Waals surface area contributed by atoms with Crippen molar-refractivity contribution in [3.8, 4) is 23.0 Å². The fraction of sp³-hybridized carbons (Fsp3) is 0.174. The molecule has 0 unspecified atom stereocenters. The van der Waals surface area contributed by atoms with Crippen LogP contribution in [0.25, 0.3) is 23.0 Å². The van der Waals surface area contributed by atoms with E-state index in [1.54, 1.807) is 4.57 Å². The van der Waals surface area contributed by atoms with E-state index in [1.807, 2.05) is 86.8 Å². The predicted octanol–water partition coefficient (Wildman–Crippen LogP) is 4.39. The van der Waals surface area contributed by atoms with Crippen LogP contribution in [0, 0.1) is 6.92 Å². The van der Waals surface area contributed by atoms with E-state index in [1.165, 1.54) is 5.56 Å². The van der Waals surface area contributed by atoms with Crippen molar-refractivity contribution in [1.82, 2.24) is 20.0 Å². The second-order valence-corrected chi connectivity index (χ2v) is 7.01. The maximum absolute atomic E-state index is 12.5. The number of nitrogens with one attached hydrogen (secondary N) is 1. The van der Waals surface area contributed by atoms with Gasteiger partial charge in [-0.2, -0.15) is 4.98 Å². The van der Waals surface area contributed by atoms with Crippen molar-refractivity contribution in [2.75, 3.05) is 0 Å². The van der Waals surface area contributed by atoms with E-state index >= 15 is 0 Å². The van der Waals surface area contributed by atoms with Gasteiger partial charge in [0.25, 0.3) is 5.89 Å². The monoisotopic (exact) mass is 386 g/mol. The normalized spacial score (nSPS) is 11.9. The highest BCUT2D eigenvalue weighted by atomic mass is 16.5. The Morgan fingerprint density at radius 3 is 2.59 bits per heavy atom. The van der Waals surface area contributed by atoms with Crippen molar-refractivity contribution in [3.63, 3.8) is 0 Å². The highest BCUT2D eigenvalue weighted by Crippen LogP contribution is 2.23. The summed E-state index contributed by atoms with van der Waals surface area (Å²) in [5, 5.41) is 7.10. The highest BCUT2D eigenvalue weighted by molar-refractivity contribution is 5.77. The quantitative estimate of drug-likeness (QED) is 0.533. The Hall–Kier alpha value is -3.67. The van der Waals surface area contributed by atoms with Gasteiger partial charge in [-0.25, -0.2) is 0 Å². The first-order valence-electron chi connectivity index (χ1n) is 9.51. The van der Waals surface area contributed by atoms with Gasteiger partial charge in [0.15, 0.2) is 0 Å².